The van der Waals surface area contributed by atoms with E-state index in [0.717, 1.165) is 16.0 Å². The number of aryl methyl sites for hydroxylation is 1. The van der Waals surface area contributed by atoms with Gasteiger partial charge in [0.1, 0.15) is 6.04 Å². The fourth-order valence-corrected chi connectivity index (χ4v) is 4.60. The predicted octanol–water partition coefficient (Wildman–Crippen LogP) is 5.52. The van der Waals surface area contributed by atoms with Crippen LogP contribution in [0.25, 0.3) is 0 Å². The van der Waals surface area contributed by atoms with E-state index in [4.69, 9.17) is 11.6 Å². The van der Waals surface area contributed by atoms with Gasteiger partial charge in [0.15, 0.2) is 0 Å². The van der Waals surface area contributed by atoms with E-state index in [2.05, 4.69) is 36.5 Å². The second kappa shape index (κ2) is 12.5. The molecule has 6 heteroatoms. The smallest absolute Gasteiger partial charge is 0.242 e. The molecule has 0 unspecified atom stereocenters. The lowest BCUT2D eigenvalue weighted by Gasteiger charge is -2.31. The molecule has 3 rings (SSSR count). The maximum absolute atomic E-state index is 13.4. The molecule has 0 aliphatic carbocycles. The first kappa shape index (κ1) is 24.9. The van der Waals surface area contributed by atoms with Crippen molar-refractivity contribution in [2.24, 2.45) is 0 Å². The number of amides is 2. The molecule has 3 aromatic carbocycles. The topological polar surface area (TPSA) is 49.4 Å². The van der Waals surface area contributed by atoms with Crippen LogP contribution in [0.4, 0.5) is 0 Å². The van der Waals surface area contributed by atoms with Crippen LogP contribution < -0.4 is 5.32 Å². The molecule has 0 fully saturated rings. The molecular weight excluding hydrogens is 452 g/mol. The zero-order valence-electron chi connectivity index (χ0n) is 19.0. The van der Waals surface area contributed by atoms with Gasteiger partial charge in [0, 0.05) is 42.1 Å². The highest BCUT2D eigenvalue weighted by molar-refractivity contribution is 7.99. The maximum Gasteiger partial charge on any atom is 0.242 e. The molecule has 0 saturated heterocycles. The van der Waals surface area contributed by atoms with Crippen molar-refractivity contribution in [2.75, 3.05) is 12.8 Å². The van der Waals surface area contributed by atoms with Crippen molar-refractivity contribution in [3.8, 4) is 0 Å². The molecule has 172 valence electrons. The van der Waals surface area contributed by atoms with Crippen molar-refractivity contribution < 1.29 is 9.59 Å². The van der Waals surface area contributed by atoms with Gasteiger partial charge in [0.2, 0.25) is 11.8 Å². The molecule has 0 aliphatic rings. The van der Waals surface area contributed by atoms with E-state index in [0.29, 0.717) is 23.6 Å². The average Bonchev–Trinajstić information content (AvgIpc) is 2.83. The lowest BCUT2D eigenvalue weighted by Crippen LogP contribution is -2.49. The Hall–Kier alpha value is -2.76. The summed E-state index contributed by atoms with van der Waals surface area (Å²) in [5.74, 6) is 0.372. The van der Waals surface area contributed by atoms with Crippen LogP contribution >= 0.6 is 23.4 Å². The molecule has 4 nitrogen and oxygen atoms in total. The Balaban J connectivity index is 1.81. The average molecular weight is 481 g/mol. The molecule has 33 heavy (non-hydrogen) atoms. The van der Waals surface area contributed by atoms with Crippen LogP contribution in [-0.2, 0) is 22.6 Å². The number of hydrogen-bond donors (Lipinski definition) is 1. The molecule has 0 aliphatic heterocycles. The zero-order chi connectivity index (χ0) is 23.6. The fourth-order valence-electron chi connectivity index (χ4n) is 3.57. The summed E-state index contributed by atoms with van der Waals surface area (Å²) in [5, 5.41) is 3.32. The third kappa shape index (κ3) is 7.37. The highest BCUT2D eigenvalue weighted by atomic mass is 35.5. The van der Waals surface area contributed by atoms with Crippen molar-refractivity contribution in [2.45, 2.75) is 37.2 Å². The minimum atomic E-state index is -0.634. The highest BCUT2D eigenvalue weighted by Crippen LogP contribution is 2.23. The Morgan fingerprint density at radius 2 is 1.64 bits per heavy atom. The molecule has 0 saturated carbocycles. The molecule has 1 atom stereocenters. The summed E-state index contributed by atoms with van der Waals surface area (Å²) in [5.41, 5.74) is 3.02. The van der Waals surface area contributed by atoms with E-state index >= 15 is 0 Å². The van der Waals surface area contributed by atoms with Crippen molar-refractivity contribution in [1.29, 1.82) is 0 Å². The third-order valence-corrected chi connectivity index (χ3v) is 6.80. The Labute approximate surface area is 205 Å². The van der Waals surface area contributed by atoms with E-state index in [1.54, 1.807) is 29.8 Å². The standard InChI is InChI=1S/C27H29ClN2O2S/c1-20-12-14-23(15-13-20)33-17-16-26(31)30(19-22-10-6-7-11-24(22)28)25(27(32)29-2)18-21-8-4-3-5-9-21/h3-15,25H,16-19H2,1-2H3,(H,29,32)/t25-/m1/s1. The largest absolute Gasteiger partial charge is 0.357 e. The summed E-state index contributed by atoms with van der Waals surface area (Å²) in [6.07, 6.45) is 0.757. The van der Waals surface area contributed by atoms with Gasteiger partial charge in [-0.2, -0.15) is 0 Å². The van der Waals surface area contributed by atoms with Crippen LogP contribution in [0.1, 0.15) is 23.1 Å². The predicted molar refractivity (Wildman–Crippen MR) is 137 cm³/mol. The number of thioether (sulfide) groups is 1. The number of benzene rings is 3. The van der Waals surface area contributed by atoms with Crippen LogP contribution in [0.5, 0.6) is 0 Å². The minimum Gasteiger partial charge on any atom is -0.357 e. The number of nitrogens with one attached hydrogen (secondary N) is 1. The van der Waals surface area contributed by atoms with Gasteiger partial charge in [-0.15, -0.1) is 11.8 Å². The van der Waals surface area contributed by atoms with Crippen molar-refractivity contribution in [1.82, 2.24) is 10.2 Å². The van der Waals surface area contributed by atoms with Gasteiger partial charge in [0.25, 0.3) is 0 Å². The molecule has 1 N–H and O–H groups in total. The Morgan fingerprint density at radius 1 is 0.970 bits per heavy atom. The molecule has 0 radical (unpaired) electrons. The monoisotopic (exact) mass is 480 g/mol. The van der Waals surface area contributed by atoms with E-state index in [-0.39, 0.29) is 18.4 Å². The Morgan fingerprint density at radius 3 is 2.30 bits per heavy atom. The summed E-state index contributed by atoms with van der Waals surface area (Å²) in [6.45, 7) is 2.33. The summed E-state index contributed by atoms with van der Waals surface area (Å²) >= 11 is 8.05. The van der Waals surface area contributed by atoms with Gasteiger partial charge < -0.3 is 10.2 Å². The second-order valence-electron chi connectivity index (χ2n) is 7.84. The Kier molecular flexibility index (Phi) is 9.40. The Bertz CT molecular complexity index is 1060. The number of carbonyl (C=O) groups is 2. The van der Waals surface area contributed by atoms with Gasteiger partial charge in [-0.05, 0) is 36.2 Å². The van der Waals surface area contributed by atoms with E-state index < -0.39 is 6.04 Å². The van der Waals surface area contributed by atoms with Gasteiger partial charge in [-0.25, -0.2) is 0 Å². The first-order chi connectivity index (χ1) is 16.0. The summed E-state index contributed by atoms with van der Waals surface area (Å²) in [4.78, 5) is 29.2. The number of carbonyl (C=O) groups excluding carboxylic acids is 2. The van der Waals surface area contributed by atoms with Crippen LogP contribution in [0.2, 0.25) is 5.02 Å². The summed E-state index contributed by atoms with van der Waals surface area (Å²) < 4.78 is 0. The van der Waals surface area contributed by atoms with Crippen LogP contribution in [-0.4, -0.2) is 35.6 Å². The number of likely N-dealkylation sites (N-methyl/N-ethyl adjacent to an activating group) is 1. The van der Waals surface area contributed by atoms with Crippen LogP contribution in [0.15, 0.2) is 83.8 Å². The van der Waals surface area contributed by atoms with Gasteiger partial charge in [-0.1, -0.05) is 77.8 Å². The van der Waals surface area contributed by atoms with Crippen molar-refractivity contribution in [3.63, 3.8) is 0 Å². The molecule has 3 aromatic rings. The normalized spacial score (nSPS) is 11.6. The first-order valence-corrected chi connectivity index (χ1v) is 12.3. The lowest BCUT2D eigenvalue weighted by atomic mass is 10.0. The van der Waals surface area contributed by atoms with Crippen molar-refractivity contribution >= 4 is 35.2 Å². The fraction of sp³-hybridized carbons (Fsp3) is 0.259. The molecular formula is C27H29ClN2O2S. The van der Waals surface area contributed by atoms with Crippen LogP contribution in [0, 0.1) is 6.92 Å². The minimum absolute atomic E-state index is 0.0703. The van der Waals surface area contributed by atoms with E-state index in [1.165, 1.54) is 5.56 Å². The molecule has 0 aromatic heterocycles. The van der Waals surface area contributed by atoms with E-state index in [9.17, 15) is 9.59 Å². The van der Waals surface area contributed by atoms with Crippen molar-refractivity contribution in [3.05, 3.63) is 101 Å². The van der Waals surface area contributed by atoms with E-state index in [1.807, 2.05) is 48.5 Å². The third-order valence-electron chi connectivity index (χ3n) is 5.42. The van der Waals surface area contributed by atoms with Gasteiger partial charge in [0.05, 0.1) is 0 Å². The number of halogens is 1. The second-order valence-corrected chi connectivity index (χ2v) is 9.42. The van der Waals surface area contributed by atoms with Gasteiger partial charge in [-0.3, -0.25) is 9.59 Å². The molecule has 0 bridgehead atoms. The zero-order valence-corrected chi connectivity index (χ0v) is 20.5. The maximum atomic E-state index is 13.4. The number of nitrogens with zero attached hydrogens (tertiary/aromatic N) is 1. The SMILES string of the molecule is CNC(=O)[C@@H](Cc1ccccc1)N(Cc1ccccc1Cl)C(=O)CCSc1ccc(C)cc1. The lowest BCUT2D eigenvalue weighted by molar-refractivity contribution is -0.140. The molecule has 0 spiro atoms. The molecule has 0 heterocycles. The quantitative estimate of drug-likeness (QED) is 0.389. The summed E-state index contributed by atoms with van der Waals surface area (Å²) in [6, 6.07) is 24.8. The molecule has 2 amide bonds. The van der Waals surface area contributed by atoms with Gasteiger partial charge >= 0.3 is 0 Å². The number of rotatable bonds is 10. The number of hydrogen-bond acceptors (Lipinski definition) is 3. The summed E-state index contributed by atoms with van der Waals surface area (Å²) in [7, 11) is 1.60. The van der Waals surface area contributed by atoms with Crippen LogP contribution in [0.3, 0.4) is 0 Å². The highest BCUT2D eigenvalue weighted by Gasteiger charge is 2.30. The first-order valence-electron chi connectivity index (χ1n) is 11.0.